The molecular weight excluding hydrogens is 235 g/mol. The summed E-state index contributed by atoms with van der Waals surface area (Å²) in [6, 6.07) is 4.43. The van der Waals surface area contributed by atoms with Gasteiger partial charge in [-0.05, 0) is 18.7 Å². The SMILES string of the molecule is CCNC(C(N)=O)c1c(Cl)cccc1Cl. The highest BCUT2D eigenvalue weighted by atomic mass is 35.5. The predicted molar refractivity (Wildman–Crippen MR) is 62.1 cm³/mol. The molecule has 3 nitrogen and oxygen atoms in total. The number of hydrogen-bond donors (Lipinski definition) is 2. The standard InChI is InChI=1S/C10H12Cl2N2O/c1-2-14-9(10(13)15)8-6(11)4-3-5-7(8)12/h3-5,9,14H,2H2,1H3,(H2,13,15). The molecule has 1 unspecified atom stereocenters. The van der Waals surface area contributed by atoms with Crippen LogP contribution in [0.4, 0.5) is 0 Å². The Labute approximate surface area is 98.5 Å². The maximum Gasteiger partial charge on any atom is 0.239 e. The van der Waals surface area contributed by atoms with Gasteiger partial charge in [0, 0.05) is 15.6 Å². The van der Waals surface area contributed by atoms with E-state index in [4.69, 9.17) is 28.9 Å². The Kier molecular flexibility index (Phi) is 4.39. The summed E-state index contributed by atoms with van der Waals surface area (Å²) in [6.07, 6.45) is 0. The number of hydrogen-bond acceptors (Lipinski definition) is 2. The molecule has 1 atom stereocenters. The summed E-state index contributed by atoms with van der Waals surface area (Å²) in [5.74, 6) is -0.494. The summed E-state index contributed by atoms with van der Waals surface area (Å²) in [7, 11) is 0. The van der Waals surface area contributed by atoms with E-state index in [0.717, 1.165) is 0 Å². The van der Waals surface area contributed by atoms with Crippen molar-refractivity contribution in [3.8, 4) is 0 Å². The first-order valence-corrected chi connectivity index (χ1v) is 5.30. The molecule has 0 fully saturated rings. The molecule has 1 aromatic rings. The molecule has 0 bridgehead atoms. The van der Waals surface area contributed by atoms with Crippen molar-refractivity contribution in [1.82, 2.24) is 5.32 Å². The number of carbonyl (C=O) groups excluding carboxylic acids is 1. The summed E-state index contributed by atoms with van der Waals surface area (Å²) in [6.45, 7) is 2.48. The van der Waals surface area contributed by atoms with Gasteiger partial charge in [0.25, 0.3) is 0 Å². The Morgan fingerprint density at radius 2 is 2.00 bits per heavy atom. The quantitative estimate of drug-likeness (QED) is 0.856. The highest BCUT2D eigenvalue weighted by molar-refractivity contribution is 6.36. The van der Waals surface area contributed by atoms with Crippen molar-refractivity contribution < 1.29 is 4.79 Å². The number of amides is 1. The Morgan fingerprint density at radius 3 is 2.40 bits per heavy atom. The Hall–Kier alpha value is -0.770. The van der Waals surface area contributed by atoms with Crippen LogP contribution in [0.25, 0.3) is 0 Å². The van der Waals surface area contributed by atoms with Crippen LogP contribution in [-0.4, -0.2) is 12.5 Å². The number of rotatable bonds is 4. The van der Waals surface area contributed by atoms with Crippen LogP contribution in [0.1, 0.15) is 18.5 Å². The molecule has 0 aliphatic heterocycles. The van der Waals surface area contributed by atoms with Crippen LogP contribution in [-0.2, 0) is 4.79 Å². The molecule has 1 aromatic carbocycles. The van der Waals surface area contributed by atoms with Gasteiger partial charge in [-0.2, -0.15) is 0 Å². The topological polar surface area (TPSA) is 55.1 Å². The van der Waals surface area contributed by atoms with E-state index in [2.05, 4.69) is 5.32 Å². The summed E-state index contributed by atoms with van der Waals surface area (Å²) in [4.78, 5) is 11.2. The molecule has 3 N–H and O–H groups in total. The number of likely N-dealkylation sites (N-methyl/N-ethyl adjacent to an activating group) is 1. The average Bonchev–Trinajstić information content (AvgIpc) is 2.15. The Bertz CT molecular complexity index is 348. The fourth-order valence-corrected chi connectivity index (χ4v) is 1.95. The van der Waals surface area contributed by atoms with Gasteiger partial charge in [0.1, 0.15) is 6.04 Å². The van der Waals surface area contributed by atoms with Gasteiger partial charge in [-0.25, -0.2) is 0 Å². The van der Waals surface area contributed by atoms with Crippen LogP contribution in [0, 0.1) is 0 Å². The molecule has 0 aliphatic rings. The smallest absolute Gasteiger partial charge is 0.239 e. The molecule has 0 aliphatic carbocycles. The summed E-state index contributed by atoms with van der Waals surface area (Å²) >= 11 is 11.9. The van der Waals surface area contributed by atoms with Gasteiger partial charge in [-0.15, -0.1) is 0 Å². The molecule has 0 aromatic heterocycles. The molecule has 0 heterocycles. The van der Waals surface area contributed by atoms with E-state index in [1.807, 2.05) is 6.92 Å². The van der Waals surface area contributed by atoms with Gasteiger partial charge in [-0.3, -0.25) is 4.79 Å². The van der Waals surface area contributed by atoms with E-state index in [0.29, 0.717) is 22.2 Å². The monoisotopic (exact) mass is 246 g/mol. The number of primary amides is 1. The number of benzene rings is 1. The zero-order valence-corrected chi connectivity index (χ0v) is 9.77. The molecule has 5 heteroatoms. The van der Waals surface area contributed by atoms with Gasteiger partial charge in [0.2, 0.25) is 5.91 Å². The number of nitrogens with two attached hydrogens (primary N) is 1. The van der Waals surface area contributed by atoms with Crippen LogP contribution < -0.4 is 11.1 Å². The Morgan fingerprint density at radius 1 is 1.47 bits per heavy atom. The second kappa shape index (κ2) is 5.35. The van der Waals surface area contributed by atoms with E-state index in [1.165, 1.54) is 0 Å². The van der Waals surface area contributed by atoms with Crippen molar-refractivity contribution in [1.29, 1.82) is 0 Å². The minimum Gasteiger partial charge on any atom is -0.368 e. The van der Waals surface area contributed by atoms with Crippen molar-refractivity contribution in [2.24, 2.45) is 5.73 Å². The van der Waals surface area contributed by atoms with Crippen LogP contribution in [0.15, 0.2) is 18.2 Å². The van der Waals surface area contributed by atoms with Crippen LogP contribution >= 0.6 is 23.2 Å². The molecule has 82 valence electrons. The van der Waals surface area contributed by atoms with Crippen molar-refractivity contribution >= 4 is 29.1 Å². The molecular formula is C10H12Cl2N2O. The fraction of sp³-hybridized carbons (Fsp3) is 0.300. The minimum absolute atomic E-state index is 0.437. The number of halogens is 2. The lowest BCUT2D eigenvalue weighted by Crippen LogP contribution is -2.33. The van der Waals surface area contributed by atoms with Gasteiger partial charge < -0.3 is 11.1 Å². The van der Waals surface area contributed by atoms with Crippen molar-refractivity contribution in [2.45, 2.75) is 13.0 Å². The van der Waals surface area contributed by atoms with Crippen LogP contribution in [0.3, 0.4) is 0 Å². The summed E-state index contributed by atoms with van der Waals surface area (Å²) < 4.78 is 0. The first-order valence-electron chi connectivity index (χ1n) is 4.54. The van der Waals surface area contributed by atoms with E-state index in [-0.39, 0.29) is 0 Å². The average molecular weight is 247 g/mol. The van der Waals surface area contributed by atoms with E-state index in [9.17, 15) is 4.79 Å². The second-order valence-corrected chi connectivity index (χ2v) is 3.84. The number of nitrogens with one attached hydrogen (secondary N) is 1. The number of carbonyl (C=O) groups is 1. The zero-order valence-electron chi connectivity index (χ0n) is 8.26. The highest BCUT2D eigenvalue weighted by Crippen LogP contribution is 2.29. The van der Waals surface area contributed by atoms with E-state index < -0.39 is 11.9 Å². The maximum absolute atomic E-state index is 11.2. The molecule has 1 amide bonds. The molecule has 0 saturated carbocycles. The molecule has 1 rings (SSSR count). The van der Waals surface area contributed by atoms with Crippen molar-refractivity contribution in [2.75, 3.05) is 6.54 Å². The predicted octanol–water partition coefficient (Wildman–Crippen LogP) is 2.13. The lowest BCUT2D eigenvalue weighted by molar-refractivity contribution is -0.120. The molecule has 15 heavy (non-hydrogen) atoms. The van der Waals surface area contributed by atoms with Gasteiger partial charge in [0.05, 0.1) is 0 Å². The van der Waals surface area contributed by atoms with Crippen LogP contribution in [0.2, 0.25) is 10.0 Å². The second-order valence-electron chi connectivity index (χ2n) is 3.03. The molecule has 0 radical (unpaired) electrons. The van der Waals surface area contributed by atoms with Crippen molar-refractivity contribution in [3.05, 3.63) is 33.8 Å². The third-order valence-electron chi connectivity index (χ3n) is 1.98. The van der Waals surface area contributed by atoms with Gasteiger partial charge in [0.15, 0.2) is 0 Å². The minimum atomic E-state index is -0.642. The van der Waals surface area contributed by atoms with Crippen molar-refractivity contribution in [3.63, 3.8) is 0 Å². The third-order valence-corrected chi connectivity index (χ3v) is 2.64. The lowest BCUT2D eigenvalue weighted by Gasteiger charge is -2.17. The maximum atomic E-state index is 11.2. The first-order chi connectivity index (χ1) is 7.07. The van der Waals surface area contributed by atoms with Gasteiger partial charge in [-0.1, -0.05) is 36.2 Å². The third kappa shape index (κ3) is 2.84. The van der Waals surface area contributed by atoms with Gasteiger partial charge >= 0.3 is 0 Å². The fourth-order valence-electron chi connectivity index (χ4n) is 1.34. The summed E-state index contributed by atoms with van der Waals surface area (Å²) in [5, 5.41) is 3.81. The Balaban J connectivity index is 3.15. The largest absolute Gasteiger partial charge is 0.368 e. The zero-order chi connectivity index (χ0) is 11.4. The first kappa shape index (κ1) is 12.3. The molecule has 0 saturated heterocycles. The van der Waals surface area contributed by atoms with Crippen LogP contribution in [0.5, 0.6) is 0 Å². The highest BCUT2D eigenvalue weighted by Gasteiger charge is 2.21. The molecule has 0 spiro atoms. The lowest BCUT2D eigenvalue weighted by atomic mass is 10.1. The summed E-state index contributed by atoms with van der Waals surface area (Å²) in [5.41, 5.74) is 5.81. The normalized spacial score (nSPS) is 12.5. The van der Waals surface area contributed by atoms with E-state index in [1.54, 1.807) is 18.2 Å². The van der Waals surface area contributed by atoms with E-state index >= 15 is 0 Å².